The summed E-state index contributed by atoms with van der Waals surface area (Å²) >= 11 is 0. The fraction of sp³-hybridized carbons (Fsp3) is 0.0222. The molecule has 8 rings (SSSR count). The molecule has 7 aromatic rings. The van der Waals surface area contributed by atoms with Crippen molar-refractivity contribution in [1.82, 2.24) is 14.5 Å². The van der Waals surface area contributed by atoms with Gasteiger partial charge < -0.3 is 35.2 Å². The van der Waals surface area contributed by atoms with Crippen molar-refractivity contribution in [2.45, 2.75) is 0 Å². The molecule has 0 spiro atoms. The van der Waals surface area contributed by atoms with Crippen molar-refractivity contribution < 1.29 is 51.6 Å². The maximum atomic E-state index is 6.57. The molecule has 0 radical (unpaired) electrons. The first-order chi connectivity index (χ1) is 25.1. The molecule has 264 valence electrons. The molecular weight excluding hydrogens is 1020 g/mol. The molecule has 5 aromatic carbocycles. The SMILES string of the molecule is CN1C=CN(c2[c-]c(Oc3[c-]c(-c4cc(-c5[c-]c(Oc6[c-]cccc6)ccc5)[c-]cn4)ccc3)cc(-c3ccccc3)c2)[CH-]1.[C-]#Cn1cccc1.[Pt+4].[Pt]. The molecule has 0 amide bonds. The van der Waals surface area contributed by atoms with E-state index in [0.29, 0.717) is 23.0 Å². The molecule has 3 heterocycles. The van der Waals surface area contributed by atoms with Crippen LogP contribution in [-0.2, 0) is 42.1 Å². The minimum atomic E-state index is 0. The van der Waals surface area contributed by atoms with E-state index in [-0.39, 0.29) is 42.1 Å². The molecule has 1 aliphatic rings. The quantitative estimate of drug-likeness (QED) is 0.112. The predicted octanol–water partition coefficient (Wildman–Crippen LogP) is 9.89. The predicted molar refractivity (Wildman–Crippen MR) is 198 cm³/mol. The number of rotatable bonds is 8. The third-order valence-corrected chi connectivity index (χ3v) is 7.65. The van der Waals surface area contributed by atoms with Gasteiger partial charge in [-0.2, -0.15) is 37.0 Å². The van der Waals surface area contributed by atoms with E-state index in [1.807, 2.05) is 139 Å². The largest absolute Gasteiger partial charge is 4.00 e. The van der Waals surface area contributed by atoms with E-state index in [2.05, 4.69) is 59.6 Å². The van der Waals surface area contributed by atoms with Gasteiger partial charge in [0.15, 0.2) is 0 Å². The second-order valence-electron chi connectivity index (χ2n) is 11.3. The molecule has 0 bridgehead atoms. The van der Waals surface area contributed by atoms with Crippen LogP contribution < -0.4 is 14.4 Å². The van der Waals surface area contributed by atoms with Gasteiger partial charge in [-0.1, -0.05) is 48.3 Å². The summed E-state index contributed by atoms with van der Waals surface area (Å²) in [6.07, 6.45) is 15.7. The van der Waals surface area contributed by atoms with Crippen molar-refractivity contribution in [2.75, 3.05) is 11.9 Å². The number of hydrogen-bond donors (Lipinski definition) is 0. The fourth-order valence-electron chi connectivity index (χ4n) is 5.21. The van der Waals surface area contributed by atoms with Crippen LogP contribution in [0.2, 0.25) is 0 Å². The van der Waals surface area contributed by atoms with Gasteiger partial charge in [0.2, 0.25) is 0 Å². The van der Waals surface area contributed by atoms with Crippen LogP contribution in [0.3, 0.4) is 0 Å². The summed E-state index contributed by atoms with van der Waals surface area (Å²) in [5, 5.41) is 0. The van der Waals surface area contributed by atoms with Crippen LogP contribution in [0.1, 0.15) is 0 Å². The Bertz CT molecular complexity index is 2290. The van der Waals surface area contributed by atoms with E-state index in [0.717, 1.165) is 39.2 Å². The van der Waals surface area contributed by atoms with E-state index in [1.165, 1.54) is 0 Å². The number of para-hydroxylation sites is 1. The maximum absolute atomic E-state index is 6.57. The number of hydrogen-bond acceptors (Lipinski definition) is 5. The number of aromatic nitrogens is 2. The van der Waals surface area contributed by atoms with Gasteiger partial charge in [-0.15, -0.1) is 71.4 Å². The molecule has 0 fully saturated rings. The number of nitrogens with zero attached hydrogens (tertiary/aromatic N) is 4. The number of pyridine rings is 1. The number of ether oxygens (including phenoxy) is 2. The van der Waals surface area contributed by atoms with Gasteiger partial charge >= 0.3 is 21.1 Å². The monoisotopic (exact) mass is 1050 g/mol. The van der Waals surface area contributed by atoms with E-state index in [9.17, 15) is 0 Å². The Morgan fingerprint density at radius 1 is 0.660 bits per heavy atom. The minimum absolute atomic E-state index is 0. The zero-order valence-corrected chi connectivity index (χ0v) is 32.8. The topological polar surface area (TPSA) is 42.8 Å². The first-order valence-electron chi connectivity index (χ1n) is 16.1. The zero-order chi connectivity index (χ0) is 34.8. The summed E-state index contributed by atoms with van der Waals surface area (Å²) in [4.78, 5) is 8.58. The van der Waals surface area contributed by atoms with Crippen LogP contribution >= 0.6 is 0 Å². The Labute approximate surface area is 339 Å². The second-order valence-corrected chi connectivity index (χ2v) is 11.3. The van der Waals surface area contributed by atoms with Crippen LogP contribution in [0.4, 0.5) is 5.69 Å². The average Bonchev–Trinajstić information content (AvgIpc) is 3.88. The van der Waals surface area contributed by atoms with Gasteiger partial charge in [0, 0.05) is 56.5 Å². The van der Waals surface area contributed by atoms with Gasteiger partial charge in [-0.25, -0.2) is 24.2 Å². The van der Waals surface area contributed by atoms with Crippen molar-refractivity contribution in [1.29, 1.82) is 0 Å². The van der Waals surface area contributed by atoms with E-state index < -0.39 is 0 Å². The number of benzene rings is 5. The normalized spacial score (nSPS) is 11.3. The molecule has 0 aliphatic carbocycles. The molecule has 0 atom stereocenters. The van der Waals surface area contributed by atoms with E-state index >= 15 is 0 Å². The van der Waals surface area contributed by atoms with Gasteiger partial charge in [0.25, 0.3) is 0 Å². The summed E-state index contributed by atoms with van der Waals surface area (Å²) in [5.41, 5.74) is 6.20. The van der Waals surface area contributed by atoms with Gasteiger partial charge in [0.05, 0.1) is 0 Å². The van der Waals surface area contributed by atoms with Gasteiger partial charge in [-0.05, 0) is 37.1 Å². The summed E-state index contributed by atoms with van der Waals surface area (Å²) < 4.78 is 13.8. The molecule has 1 aliphatic heterocycles. The van der Waals surface area contributed by atoms with Gasteiger partial charge in [0.1, 0.15) is 0 Å². The Morgan fingerprint density at radius 2 is 1.36 bits per heavy atom. The van der Waals surface area contributed by atoms with E-state index in [1.54, 1.807) is 23.2 Å². The Balaban J connectivity index is 0.000000542. The van der Waals surface area contributed by atoms with Crippen LogP contribution in [0.5, 0.6) is 23.0 Å². The summed E-state index contributed by atoms with van der Waals surface area (Å²) in [6, 6.07) is 57.6. The van der Waals surface area contributed by atoms with Crippen LogP contribution in [-0.4, -0.2) is 21.5 Å². The first-order valence-corrected chi connectivity index (χ1v) is 16.1. The summed E-state index contributed by atoms with van der Waals surface area (Å²) in [6.45, 7) is 1.99. The Morgan fingerprint density at radius 3 is 2.04 bits per heavy atom. The smallest absolute Gasteiger partial charge is 0.669 e. The van der Waals surface area contributed by atoms with Crippen molar-refractivity contribution in [3.8, 4) is 62.6 Å². The standard InChI is InChI=1S/C39H25N3O2.C6H4N.2Pt/c1-41-20-21-42(28-41)34-22-33(29-10-4-2-5-11-29)25-38(27-34)44-37-17-9-13-32(24-37)39-26-31(18-19-40-39)30-12-8-16-36(23-30)43-35-14-6-3-7-15-35;1-2-7-5-3-4-6-7;;/h2-14,16-17,19-22,25-26,28H,1H3;3-6H;;/q-6;-1;;+4. The van der Waals surface area contributed by atoms with E-state index in [4.69, 9.17) is 15.9 Å². The number of anilines is 1. The summed E-state index contributed by atoms with van der Waals surface area (Å²) in [7, 11) is 1.99. The molecule has 0 unspecified atom stereocenters. The van der Waals surface area contributed by atoms with Crippen LogP contribution in [0, 0.1) is 49.5 Å². The maximum Gasteiger partial charge on any atom is 4.00 e. The zero-order valence-electron chi connectivity index (χ0n) is 28.2. The third-order valence-electron chi connectivity index (χ3n) is 7.65. The minimum Gasteiger partial charge on any atom is -0.669 e. The third kappa shape index (κ3) is 10.3. The average molecular weight is 1050 g/mol. The first kappa shape index (κ1) is 38.6. The van der Waals surface area contributed by atoms with Crippen molar-refractivity contribution in [3.05, 3.63) is 196 Å². The molecule has 6 nitrogen and oxygen atoms in total. The molecule has 8 heteroatoms. The van der Waals surface area contributed by atoms with Crippen LogP contribution in [0.15, 0.2) is 152 Å². The molecule has 2 aromatic heterocycles. The van der Waals surface area contributed by atoms with Crippen molar-refractivity contribution in [2.24, 2.45) is 0 Å². The molecular formula is C45H29N4O2Pt2-3. The van der Waals surface area contributed by atoms with Crippen LogP contribution in [0.25, 0.3) is 33.5 Å². The summed E-state index contributed by atoms with van der Waals surface area (Å²) in [5.74, 6) is 2.38. The molecule has 0 N–H and O–H groups in total. The second kappa shape index (κ2) is 18.8. The molecule has 0 saturated heterocycles. The molecule has 0 saturated carbocycles. The molecule has 53 heavy (non-hydrogen) atoms. The fourth-order valence-corrected chi connectivity index (χ4v) is 5.21. The van der Waals surface area contributed by atoms with Crippen molar-refractivity contribution in [3.63, 3.8) is 0 Å². The Kier molecular flexibility index (Phi) is 13.7. The van der Waals surface area contributed by atoms with Gasteiger partial charge in [-0.3, -0.25) is 11.1 Å². The van der Waals surface area contributed by atoms with Crippen molar-refractivity contribution >= 4 is 5.69 Å². The Hall–Kier alpha value is -5.59.